The first-order valence-electron chi connectivity index (χ1n) is 14.2. The Morgan fingerprint density at radius 3 is 1.68 bits per heavy atom. The molecule has 5 rings (SSSR count). The van der Waals surface area contributed by atoms with Gasteiger partial charge in [0.1, 0.15) is 0 Å². The van der Waals surface area contributed by atoms with Crippen LogP contribution in [0.5, 0.6) is 11.8 Å². The maximum absolute atomic E-state index is 14.1. The number of hydrogen-bond acceptors (Lipinski definition) is 10. The summed E-state index contributed by atoms with van der Waals surface area (Å²) in [5, 5.41) is 25.6. The van der Waals surface area contributed by atoms with Crippen molar-refractivity contribution in [2.45, 2.75) is 19.8 Å². The topological polar surface area (TPSA) is 220 Å². The summed E-state index contributed by atoms with van der Waals surface area (Å²) in [6.45, 7) is 3.54. The summed E-state index contributed by atoms with van der Waals surface area (Å²) < 4.78 is 11.3. The first-order valence-corrected chi connectivity index (χ1v) is 14.2. The quantitative estimate of drug-likeness (QED) is 0.189. The zero-order valence-corrected chi connectivity index (χ0v) is 24.9. The summed E-state index contributed by atoms with van der Waals surface area (Å²) in [6.07, 6.45) is 2.89. The van der Waals surface area contributed by atoms with Crippen LogP contribution in [0.2, 0.25) is 0 Å². The number of aromatic amines is 3. The summed E-state index contributed by atoms with van der Waals surface area (Å²) in [7, 11) is 0. The summed E-state index contributed by atoms with van der Waals surface area (Å²) >= 11 is 0. The van der Waals surface area contributed by atoms with E-state index in [-0.39, 0.29) is 41.3 Å². The van der Waals surface area contributed by atoms with Gasteiger partial charge in [0.2, 0.25) is 5.88 Å². The van der Waals surface area contributed by atoms with Gasteiger partial charge in [-0.15, -0.1) is 0 Å². The molecule has 15 nitrogen and oxygen atoms in total. The van der Waals surface area contributed by atoms with E-state index in [9.17, 15) is 39.0 Å². The Morgan fingerprint density at radius 2 is 1.19 bits per heavy atom. The van der Waals surface area contributed by atoms with Gasteiger partial charge in [-0.25, -0.2) is 28.7 Å². The third kappa shape index (κ3) is 6.09. The summed E-state index contributed by atoms with van der Waals surface area (Å²) in [5.41, 5.74) is -5.12. The van der Waals surface area contributed by atoms with Crippen molar-refractivity contribution in [2.24, 2.45) is 0 Å². The molecule has 0 aliphatic carbocycles. The molecule has 0 aliphatic rings. The maximum atomic E-state index is 14.1. The van der Waals surface area contributed by atoms with Crippen molar-refractivity contribution in [3.8, 4) is 23.1 Å². The van der Waals surface area contributed by atoms with Gasteiger partial charge in [-0.3, -0.25) is 24.1 Å². The van der Waals surface area contributed by atoms with Gasteiger partial charge in [-0.2, -0.15) is 0 Å². The predicted octanol–water partition coefficient (Wildman–Crippen LogP) is 0.492. The molecule has 5 aromatic rings. The van der Waals surface area contributed by atoms with Crippen LogP contribution in [-0.2, 0) is 9.47 Å². The molecule has 0 radical (unpaired) electrons. The number of aromatic nitrogens is 5. The Labute approximate surface area is 264 Å². The van der Waals surface area contributed by atoms with Crippen molar-refractivity contribution in [1.82, 2.24) is 19.1 Å². The molecule has 0 fully saturated rings. The van der Waals surface area contributed by atoms with Crippen LogP contribution in [0.1, 0.15) is 57.2 Å². The first-order chi connectivity index (χ1) is 22.6. The minimum absolute atomic E-state index is 0.0181. The lowest BCUT2D eigenvalue weighted by atomic mass is 9.87. The zero-order chi connectivity index (χ0) is 33.8. The Hall–Kier alpha value is -6.51. The molecule has 3 aromatic heterocycles. The number of pyridine rings is 1. The van der Waals surface area contributed by atoms with Gasteiger partial charge in [0.05, 0.1) is 41.5 Å². The van der Waals surface area contributed by atoms with Crippen LogP contribution in [0.25, 0.3) is 11.4 Å². The molecule has 0 aliphatic heterocycles. The second-order valence-corrected chi connectivity index (χ2v) is 9.95. The lowest BCUT2D eigenvalue weighted by Crippen LogP contribution is -2.38. The van der Waals surface area contributed by atoms with E-state index in [1.165, 1.54) is 73.1 Å². The van der Waals surface area contributed by atoms with Crippen LogP contribution in [-0.4, -0.2) is 49.4 Å². The highest BCUT2D eigenvalue weighted by Crippen LogP contribution is 2.36. The molecule has 0 bridgehead atoms. The molecule has 0 spiro atoms. The highest BCUT2D eigenvalue weighted by atomic mass is 16.5. The molecule has 0 saturated heterocycles. The molecule has 0 amide bonds. The standard InChI is InChI=1S/C32H27N5O10/c1-3-46-29(42)18-5-9-20(10-6-18)36-27(40)23(25(38)34-31(36)44)22(17-13-15-33-16-14-17)24-26(39)35-32(45)37(28(24)41)21-11-7-19(8-12-21)30(43)47-4-2/h5-16,22,40-41H,3-4H2,1-2H3,(H,34,38,44)(H,35,39,45). The average molecular weight is 642 g/mol. The minimum atomic E-state index is -1.61. The SMILES string of the molecule is CCOC(=O)c1ccc(-n2c([O-])c([C@@H](c3cc[nH+]cc3)c3c(O)n(-c4ccc(C(=O)OCC)cc4)c(=O)[nH]c3=O)c(=O)[nH]c2=O)cc1. The number of nitrogens with zero attached hydrogens (tertiary/aromatic N) is 2. The molecule has 2 aromatic carbocycles. The number of carbonyl (C=O) groups is 2. The lowest BCUT2D eigenvalue weighted by Gasteiger charge is -2.26. The summed E-state index contributed by atoms with van der Waals surface area (Å²) in [4.78, 5) is 84.0. The van der Waals surface area contributed by atoms with Gasteiger partial charge in [0.15, 0.2) is 12.4 Å². The highest BCUT2D eigenvalue weighted by Gasteiger charge is 2.31. The molecule has 0 saturated carbocycles. The Bertz CT molecular complexity index is 2060. The van der Waals surface area contributed by atoms with Crippen molar-refractivity contribution in [2.75, 3.05) is 13.2 Å². The van der Waals surface area contributed by atoms with E-state index in [1.54, 1.807) is 13.8 Å². The third-order valence-corrected chi connectivity index (χ3v) is 7.15. The van der Waals surface area contributed by atoms with Crippen LogP contribution in [0.15, 0.2) is 92.2 Å². The number of benzene rings is 2. The number of rotatable bonds is 9. The van der Waals surface area contributed by atoms with Gasteiger partial charge in [0.25, 0.3) is 11.1 Å². The monoisotopic (exact) mass is 641 g/mol. The largest absolute Gasteiger partial charge is 0.859 e. The van der Waals surface area contributed by atoms with Crippen LogP contribution >= 0.6 is 0 Å². The molecule has 47 heavy (non-hydrogen) atoms. The maximum Gasteiger partial charge on any atom is 0.338 e. The molecule has 0 unspecified atom stereocenters. The van der Waals surface area contributed by atoms with Crippen LogP contribution in [0.4, 0.5) is 0 Å². The fourth-order valence-electron chi connectivity index (χ4n) is 5.05. The van der Waals surface area contributed by atoms with Gasteiger partial charge in [-0.05, 0) is 73.8 Å². The fourth-order valence-corrected chi connectivity index (χ4v) is 5.05. The molecular weight excluding hydrogens is 614 g/mol. The van der Waals surface area contributed by atoms with E-state index in [4.69, 9.17) is 9.47 Å². The second kappa shape index (κ2) is 13.2. The number of nitrogens with one attached hydrogen (secondary N) is 3. The normalized spacial score (nSPS) is 11.5. The van der Waals surface area contributed by atoms with Crippen LogP contribution < -0.4 is 32.6 Å². The Balaban J connectivity index is 1.74. The fraction of sp³-hybridized carbons (Fsp3) is 0.156. The second-order valence-electron chi connectivity index (χ2n) is 9.95. The summed E-state index contributed by atoms with van der Waals surface area (Å²) in [5.74, 6) is -4.89. The van der Waals surface area contributed by atoms with Crippen molar-refractivity contribution in [3.05, 3.63) is 143 Å². The van der Waals surface area contributed by atoms with Crippen LogP contribution in [0.3, 0.4) is 0 Å². The number of hydrogen-bond donors (Lipinski definition) is 3. The number of esters is 2. The zero-order valence-electron chi connectivity index (χ0n) is 24.9. The molecule has 240 valence electrons. The van der Waals surface area contributed by atoms with Crippen molar-refractivity contribution >= 4 is 11.9 Å². The minimum Gasteiger partial charge on any atom is -0.859 e. The van der Waals surface area contributed by atoms with Crippen molar-refractivity contribution in [1.29, 1.82) is 0 Å². The number of H-pyrrole nitrogens is 3. The van der Waals surface area contributed by atoms with E-state index in [0.29, 0.717) is 4.57 Å². The molecular formula is C32H27N5O10. The Kier molecular flexibility index (Phi) is 8.98. The molecule has 1 atom stereocenters. The number of ether oxygens (including phenoxy) is 2. The number of aromatic hydroxyl groups is 1. The molecule has 4 N–H and O–H groups in total. The highest BCUT2D eigenvalue weighted by molar-refractivity contribution is 5.90. The van der Waals surface area contributed by atoms with E-state index in [0.717, 1.165) is 4.57 Å². The predicted molar refractivity (Wildman–Crippen MR) is 162 cm³/mol. The molecule has 3 heterocycles. The lowest BCUT2D eigenvalue weighted by molar-refractivity contribution is -0.378. The first kappa shape index (κ1) is 31.9. The van der Waals surface area contributed by atoms with Crippen molar-refractivity contribution in [3.63, 3.8) is 0 Å². The summed E-state index contributed by atoms with van der Waals surface area (Å²) in [6, 6.07) is 13.5. The van der Waals surface area contributed by atoms with E-state index < -0.39 is 63.2 Å². The van der Waals surface area contributed by atoms with Crippen LogP contribution in [0, 0.1) is 0 Å². The third-order valence-electron chi connectivity index (χ3n) is 7.15. The van der Waals surface area contributed by atoms with E-state index in [2.05, 4.69) is 15.0 Å². The van der Waals surface area contributed by atoms with E-state index >= 15 is 0 Å². The average Bonchev–Trinajstić information content (AvgIpc) is 3.05. The van der Waals surface area contributed by atoms with Gasteiger partial charge >= 0.3 is 23.3 Å². The number of carbonyl (C=O) groups excluding carboxylic acids is 2. The molecule has 15 heteroatoms. The Morgan fingerprint density at radius 1 is 0.745 bits per heavy atom. The smallest absolute Gasteiger partial charge is 0.338 e. The van der Waals surface area contributed by atoms with E-state index in [1.807, 2.05) is 0 Å². The van der Waals surface area contributed by atoms with Crippen molar-refractivity contribution < 1.29 is 34.3 Å². The van der Waals surface area contributed by atoms with Gasteiger partial charge in [-0.1, -0.05) is 0 Å². The van der Waals surface area contributed by atoms with Gasteiger partial charge < -0.3 is 19.7 Å². The van der Waals surface area contributed by atoms with Gasteiger partial charge in [0, 0.05) is 23.4 Å².